The molecule has 0 spiro atoms. The summed E-state index contributed by atoms with van der Waals surface area (Å²) >= 11 is 0. The van der Waals surface area contributed by atoms with Crippen molar-refractivity contribution in [2.45, 2.75) is 19.9 Å². The minimum Gasteiger partial charge on any atom is -0.461 e. The van der Waals surface area contributed by atoms with Gasteiger partial charge in [0.2, 0.25) is 5.95 Å². The van der Waals surface area contributed by atoms with Gasteiger partial charge in [-0.1, -0.05) is 0 Å². The molecule has 0 aromatic carbocycles. The van der Waals surface area contributed by atoms with E-state index >= 15 is 0 Å². The van der Waals surface area contributed by atoms with Gasteiger partial charge in [0.05, 0.1) is 19.0 Å². The molecule has 7 heteroatoms. The first-order chi connectivity index (χ1) is 9.15. The zero-order chi connectivity index (χ0) is 13.8. The van der Waals surface area contributed by atoms with E-state index in [9.17, 15) is 9.18 Å². The lowest BCUT2D eigenvalue weighted by atomic mass is 10.3. The Bertz CT molecular complexity index is 570. The molecule has 0 fully saturated rings. The van der Waals surface area contributed by atoms with Crippen LogP contribution in [0.25, 0.3) is 0 Å². The SMILES string of the molecule is CCOC(=O)c1c(F)ncn1C(C)c1ncccn1. The molecule has 6 nitrogen and oxygen atoms in total. The normalized spacial score (nSPS) is 12.2. The second kappa shape index (κ2) is 5.55. The molecule has 0 bridgehead atoms. The molecule has 2 aromatic heterocycles. The molecule has 1 unspecified atom stereocenters. The van der Waals surface area contributed by atoms with E-state index in [1.54, 1.807) is 32.3 Å². The van der Waals surface area contributed by atoms with Crippen LogP contribution in [0.5, 0.6) is 0 Å². The van der Waals surface area contributed by atoms with Crippen molar-refractivity contribution in [1.29, 1.82) is 0 Å². The third kappa shape index (κ3) is 2.59. The predicted molar refractivity (Wildman–Crippen MR) is 64.0 cm³/mol. The van der Waals surface area contributed by atoms with Gasteiger partial charge in [0.15, 0.2) is 11.5 Å². The highest BCUT2D eigenvalue weighted by molar-refractivity contribution is 5.87. The van der Waals surface area contributed by atoms with Crippen LogP contribution in [0.15, 0.2) is 24.8 Å². The Balaban J connectivity index is 2.38. The molecule has 1 atom stereocenters. The first-order valence-electron chi connectivity index (χ1n) is 5.81. The highest BCUT2D eigenvalue weighted by Gasteiger charge is 2.24. The maximum atomic E-state index is 13.6. The van der Waals surface area contributed by atoms with Gasteiger partial charge in [-0.3, -0.25) is 0 Å². The van der Waals surface area contributed by atoms with Gasteiger partial charge in [-0.15, -0.1) is 0 Å². The van der Waals surface area contributed by atoms with Crippen molar-refractivity contribution in [1.82, 2.24) is 19.5 Å². The number of esters is 1. The molecule has 2 rings (SSSR count). The van der Waals surface area contributed by atoms with Gasteiger partial charge in [0, 0.05) is 12.4 Å². The fourth-order valence-corrected chi connectivity index (χ4v) is 1.67. The largest absolute Gasteiger partial charge is 0.461 e. The topological polar surface area (TPSA) is 69.9 Å². The number of imidazole rings is 1. The average molecular weight is 264 g/mol. The summed E-state index contributed by atoms with van der Waals surface area (Å²) in [5.74, 6) is -1.15. The monoisotopic (exact) mass is 264 g/mol. The van der Waals surface area contributed by atoms with Crippen LogP contribution in [0.2, 0.25) is 0 Å². The van der Waals surface area contributed by atoms with E-state index in [2.05, 4.69) is 15.0 Å². The van der Waals surface area contributed by atoms with Gasteiger partial charge in [-0.2, -0.15) is 4.39 Å². The number of hydrogen-bond donors (Lipinski definition) is 0. The molecular weight excluding hydrogens is 251 g/mol. The summed E-state index contributed by atoms with van der Waals surface area (Å²) in [4.78, 5) is 23.4. The Kier molecular flexibility index (Phi) is 3.84. The molecule has 100 valence electrons. The third-order valence-electron chi connectivity index (χ3n) is 2.59. The molecule has 0 saturated heterocycles. The van der Waals surface area contributed by atoms with Crippen molar-refractivity contribution < 1.29 is 13.9 Å². The molecule has 2 heterocycles. The van der Waals surface area contributed by atoms with Crippen molar-refractivity contribution in [3.63, 3.8) is 0 Å². The zero-order valence-corrected chi connectivity index (χ0v) is 10.6. The van der Waals surface area contributed by atoms with Crippen LogP contribution in [-0.2, 0) is 4.74 Å². The molecule has 0 aliphatic carbocycles. The van der Waals surface area contributed by atoms with Crippen molar-refractivity contribution in [3.05, 3.63) is 42.3 Å². The number of halogens is 1. The number of nitrogens with zero attached hydrogens (tertiary/aromatic N) is 4. The van der Waals surface area contributed by atoms with Crippen LogP contribution >= 0.6 is 0 Å². The lowest BCUT2D eigenvalue weighted by Crippen LogP contribution is -2.18. The van der Waals surface area contributed by atoms with E-state index in [-0.39, 0.29) is 12.3 Å². The lowest BCUT2D eigenvalue weighted by molar-refractivity contribution is 0.0506. The summed E-state index contributed by atoms with van der Waals surface area (Å²) in [6.07, 6.45) is 4.40. The summed E-state index contributed by atoms with van der Waals surface area (Å²) in [5, 5.41) is 0. The molecule has 0 radical (unpaired) electrons. The van der Waals surface area contributed by atoms with Gasteiger partial charge in [-0.05, 0) is 19.9 Å². The van der Waals surface area contributed by atoms with Crippen molar-refractivity contribution >= 4 is 5.97 Å². The van der Waals surface area contributed by atoms with E-state index in [1.165, 1.54) is 10.9 Å². The van der Waals surface area contributed by atoms with Crippen molar-refractivity contribution in [3.8, 4) is 0 Å². The molecule has 0 N–H and O–H groups in total. The van der Waals surface area contributed by atoms with Crippen LogP contribution < -0.4 is 0 Å². The van der Waals surface area contributed by atoms with Crippen LogP contribution in [0.4, 0.5) is 4.39 Å². The minimum atomic E-state index is -0.860. The predicted octanol–water partition coefficient (Wildman–Crippen LogP) is 1.60. The summed E-state index contributed by atoms with van der Waals surface area (Å²) in [6.45, 7) is 3.57. The van der Waals surface area contributed by atoms with E-state index in [0.29, 0.717) is 5.82 Å². The van der Waals surface area contributed by atoms with Crippen LogP contribution in [0.3, 0.4) is 0 Å². The molecule has 0 aliphatic rings. The maximum Gasteiger partial charge on any atom is 0.359 e. The summed E-state index contributed by atoms with van der Waals surface area (Å²) < 4.78 is 19.8. The fourth-order valence-electron chi connectivity index (χ4n) is 1.67. The summed E-state index contributed by atoms with van der Waals surface area (Å²) in [6, 6.07) is 1.26. The van der Waals surface area contributed by atoms with Gasteiger partial charge < -0.3 is 9.30 Å². The van der Waals surface area contributed by atoms with E-state index in [4.69, 9.17) is 4.74 Å². The molecular formula is C12H13FN4O2. The number of carbonyl (C=O) groups is 1. The number of rotatable bonds is 4. The Morgan fingerprint density at radius 2 is 2.11 bits per heavy atom. The smallest absolute Gasteiger partial charge is 0.359 e. The molecule has 2 aromatic rings. The fraction of sp³-hybridized carbons (Fsp3) is 0.333. The second-order valence-electron chi connectivity index (χ2n) is 3.79. The van der Waals surface area contributed by atoms with Gasteiger partial charge >= 0.3 is 5.97 Å². The van der Waals surface area contributed by atoms with E-state index in [0.717, 1.165) is 0 Å². The summed E-state index contributed by atoms with van der Waals surface area (Å²) in [5.41, 5.74) is -0.221. The Hall–Kier alpha value is -2.31. The van der Waals surface area contributed by atoms with Crippen LogP contribution in [0, 0.1) is 5.95 Å². The van der Waals surface area contributed by atoms with Gasteiger partial charge in [0.25, 0.3) is 0 Å². The highest BCUT2D eigenvalue weighted by Crippen LogP contribution is 2.18. The molecule has 0 saturated carbocycles. The number of carbonyl (C=O) groups excluding carboxylic acids is 1. The van der Waals surface area contributed by atoms with E-state index < -0.39 is 18.0 Å². The van der Waals surface area contributed by atoms with Crippen molar-refractivity contribution in [2.75, 3.05) is 6.61 Å². The minimum absolute atomic E-state index is 0.166. The lowest BCUT2D eigenvalue weighted by Gasteiger charge is -2.14. The van der Waals surface area contributed by atoms with Crippen LogP contribution in [-0.4, -0.2) is 32.1 Å². The molecule has 0 aliphatic heterocycles. The molecule has 19 heavy (non-hydrogen) atoms. The standard InChI is InChI=1S/C12H13FN4O2/c1-3-19-12(18)9-10(13)16-7-17(9)8(2)11-14-5-4-6-15-11/h4-8H,3H2,1-2H3. The second-order valence-corrected chi connectivity index (χ2v) is 3.79. The average Bonchev–Trinajstić information content (AvgIpc) is 2.81. The number of aromatic nitrogens is 4. The zero-order valence-electron chi connectivity index (χ0n) is 10.6. The Morgan fingerprint density at radius 1 is 1.42 bits per heavy atom. The molecule has 0 amide bonds. The van der Waals surface area contributed by atoms with Crippen molar-refractivity contribution in [2.24, 2.45) is 0 Å². The third-order valence-corrected chi connectivity index (χ3v) is 2.59. The van der Waals surface area contributed by atoms with Gasteiger partial charge in [0.1, 0.15) is 0 Å². The first kappa shape index (κ1) is 13.1. The maximum absolute atomic E-state index is 13.6. The highest BCUT2D eigenvalue weighted by atomic mass is 19.1. The Morgan fingerprint density at radius 3 is 2.74 bits per heavy atom. The number of ether oxygens (including phenoxy) is 1. The number of hydrogen-bond acceptors (Lipinski definition) is 5. The van der Waals surface area contributed by atoms with Crippen LogP contribution in [0.1, 0.15) is 36.2 Å². The quantitative estimate of drug-likeness (QED) is 0.784. The summed E-state index contributed by atoms with van der Waals surface area (Å²) in [7, 11) is 0. The first-order valence-corrected chi connectivity index (χ1v) is 5.81. The van der Waals surface area contributed by atoms with E-state index in [1.807, 2.05) is 0 Å². The van der Waals surface area contributed by atoms with Gasteiger partial charge in [-0.25, -0.2) is 19.7 Å². The Labute approximate surface area is 109 Å².